The first-order valence-corrected chi connectivity index (χ1v) is 11.9. The summed E-state index contributed by atoms with van der Waals surface area (Å²) in [6, 6.07) is 12.0. The minimum atomic E-state index is -3.66. The summed E-state index contributed by atoms with van der Waals surface area (Å²) < 4.78 is 32.0. The van der Waals surface area contributed by atoms with E-state index in [1.165, 1.54) is 20.2 Å². The van der Waals surface area contributed by atoms with Gasteiger partial charge in [0, 0.05) is 51.0 Å². The van der Waals surface area contributed by atoms with Crippen molar-refractivity contribution in [2.45, 2.75) is 24.7 Å². The molecule has 0 spiro atoms. The maximum Gasteiger partial charge on any atom is 0.257 e. The van der Waals surface area contributed by atoms with Crippen LogP contribution in [0.5, 0.6) is 0 Å². The smallest absolute Gasteiger partial charge is 0.257 e. The van der Waals surface area contributed by atoms with Gasteiger partial charge in [-0.05, 0) is 55.3 Å². The number of amides is 1. The monoisotopic (exact) mass is 454 g/mol. The Hall–Kier alpha value is -3.17. The van der Waals surface area contributed by atoms with Gasteiger partial charge in [-0.2, -0.15) is 0 Å². The molecule has 8 nitrogen and oxygen atoms in total. The van der Waals surface area contributed by atoms with Crippen LogP contribution in [0.15, 0.2) is 58.0 Å². The summed E-state index contributed by atoms with van der Waals surface area (Å²) in [5, 5.41) is 2.89. The summed E-state index contributed by atoms with van der Waals surface area (Å²) in [6.45, 7) is 3.46. The maximum absolute atomic E-state index is 13.2. The third kappa shape index (κ3) is 4.39. The Morgan fingerprint density at radius 3 is 2.38 bits per heavy atom. The molecule has 0 unspecified atom stereocenters. The number of sulfonamides is 1. The molecule has 32 heavy (non-hydrogen) atoms. The van der Waals surface area contributed by atoms with Gasteiger partial charge in [-0.3, -0.25) is 4.79 Å². The van der Waals surface area contributed by atoms with Crippen LogP contribution in [0.2, 0.25) is 0 Å². The van der Waals surface area contributed by atoms with Gasteiger partial charge in [-0.15, -0.1) is 0 Å². The molecular weight excluding hydrogens is 428 g/mol. The molecule has 1 aliphatic rings. The zero-order valence-corrected chi connectivity index (χ0v) is 19.1. The highest BCUT2D eigenvalue weighted by Gasteiger charge is 2.24. The number of aryl methyl sites for hydroxylation is 1. The summed E-state index contributed by atoms with van der Waals surface area (Å²) in [6.07, 6.45) is 3.74. The lowest BCUT2D eigenvalue weighted by molar-refractivity contribution is 0.102. The highest BCUT2D eigenvalue weighted by molar-refractivity contribution is 7.89. The Morgan fingerprint density at radius 2 is 1.78 bits per heavy atom. The van der Waals surface area contributed by atoms with Gasteiger partial charge in [0.05, 0.1) is 16.7 Å². The first-order chi connectivity index (χ1) is 15.3. The summed E-state index contributed by atoms with van der Waals surface area (Å²) >= 11 is 0. The van der Waals surface area contributed by atoms with Gasteiger partial charge < -0.3 is 14.6 Å². The molecule has 2 aromatic carbocycles. The Kier molecular flexibility index (Phi) is 6.03. The van der Waals surface area contributed by atoms with E-state index < -0.39 is 10.0 Å². The van der Waals surface area contributed by atoms with E-state index in [2.05, 4.69) is 15.2 Å². The van der Waals surface area contributed by atoms with Crippen LogP contribution >= 0.6 is 0 Å². The molecule has 0 aliphatic carbocycles. The van der Waals surface area contributed by atoms with Crippen LogP contribution in [0.1, 0.15) is 29.1 Å². The molecule has 1 saturated heterocycles. The molecule has 168 valence electrons. The minimum absolute atomic E-state index is 0.0895. The minimum Gasteiger partial charge on any atom is -0.441 e. The number of nitrogens with zero attached hydrogens (tertiary/aromatic N) is 3. The maximum atomic E-state index is 13.2. The number of carbonyl (C=O) groups is 1. The number of rotatable bonds is 6. The number of aromatic nitrogens is 1. The van der Waals surface area contributed by atoms with Crippen molar-refractivity contribution in [2.24, 2.45) is 0 Å². The van der Waals surface area contributed by atoms with Gasteiger partial charge >= 0.3 is 0 Å². The van der Waals surface area contributed by atoms with Crippen LogP contribution in [0.3, 0.4) is 0 Å². The number of nitrogens with one attached hydrogen (secondary N) is 1. The SMILES string of the molecule is Cc1ncc(-c2ccc(NC(=O)c3cc(S(=O)(=O)N(C)C)ccc3N3CCCC3)cc2)o1. The molecule has 3 aromatic rings. The first-order valence-electron chi connectivity index (χ1n) is 10.4. The second-order valence-electron chi connectivity index (χ2n) is 7.94. The Balaban J connectivity index is 1.63. The molecule has 0 bridgehead atoms. The normalized spacial score (nSPS) is 14.2. The zero-order chi connectivity index (χ0) is 22.9. The van der Waals surface area contributed by atoms with Crippen molar-refractivity contribution in [1.29, 1.82) is 0 Å². The molecule has 1 aromatic heterocycles. The number of benzene rings is 2. The molecule has 0 saturated carbocycles. The quantitative estimate of drug-likeness (QED) is 0.609. The van der Waals surface area contributed by atoms with E-state index >= 15 is 0 Å². The Morgan fingerprint density at radius 1 is 1.09 bits per heavy atom. The molecule has 1 amide bonds. The Bertz CT molecular complexity index is 1230. The predicted octanol–water partition coefficient (Wildman–Crippen LogP) is 3.75. The van der Waals surface area contributed by atoms with E-state index in [1.807, 2.05) is 12.1 Å². The van der Waals surface area contributed by atoms with Gasteiger partial charge in [0.2, 0.25) is 10.0 Å². The van der Waals surface area contributed by atoms with Gasteiger partial charge in [0.15, 0.2) is 11.7 Å². The largest absolute Gasteiger partial charge is 0.441 e. The van der Waals surface area contributed by atoms with Crippen molar-refractivity contribution in [2.75, 3.05) is 37.4 Å². The predicted molar refractivity (Wildman–Crippen MR) is 123 cm³/mol. The number of hydrogen-bond donors (Lipinski definition) is 1. The van der Waals surface area contributed by atoms with Crippen molar-refractivity contribution in [3.8, 4) is 11.3 Å². The number of anilines is 2. The molecule has 0 atom stereocenters. The Labute approximate surface area is 187 Å². The van der Waals surface area contributed by atoms with Crippen LogP contribution in [0, 0.1) is 6.92 Å². The van der Waals surface area contributed by atoms with Crippen molar-refractivity contribution in [1.82, 2.24) is 9.29 Å². The lowest BCUT2D eigenvalue weighted by atomic mass is 10.1. The van der Waals surface area contributed by atoms with E-state index in [9.17, 15) is 13.2 Å². The molecule has 1 aliphatic heterocycles. The van der Waals surface area contributed by atoms with Crippen LogP contribution in [0.25, 0.3) is 11.3 Å². The fourth-order valence-corrected chi connectivity index (χ4v) is 4.64. The second-order valence-corrected chi connectivity index (χ2v) is 10.1. The van der Waals surface area contributed by atoms with Crippen LogP contribution in [-0.2, 0) is 10.0 Å². The summed E-state index contributed by atoms with van der Waals surface area (Å²) in [5.41, 5.74) is 2.53. The molecular formula is C23H26N4O4S. The number of hydrogen-bond acceptors (Lipinski definition) is 6. The van der Waals surface area contributed by atoms with E-state index in [1.54, 1.807) is 37.4 Å². The summed E-state index contributed by atoms with van der Waals surface area (Å²) in [5.74, 6) is 0.878. The lowest BCUT2D eigenvalue weighted by Gasteiger charge is -2.22. The van der Waals surface area contributed by atoms with Crippen LogP contribution < -0.4 is 10.2 Å². The highest BCUT2D eigenvalue weighted by Crippen LogP contribution is 2.29. The molecule has 4 rings (SSSR count). The second kappa shape index (κ2) is 8.76. The van der Waals surface area contributed by atoms with Crippen LogP contribution in [-0.4, -0.2) is 50.8 Å². The summed E-state index contributed by atoms with van der Waals surface area (Å²) in [7, 11) is -0.715. The average molecular weight is 455 g/mol. The molecule has 1 N–H and O–H groups in total. The average Bonchev–Trinajstić information content (AvgIpc) is 3.46. The van der Waals surface area contributed by atoms with Gasteiger partial charge in [0.25, 0.3) is 5.91 Å². The van der Waals surface area contributed by atoms with Gasteiger partial charge in [0.1, 0.15) is 0 Å². The lowest BCUT2D eigenvalue weighted by Crippen LogP contribution is -2.25. The molecule has 2 heterocycles. The van der Waals surface area contributed by atoms with Crippen molar-refractivity contribution >= 4 is 27.3 Å². The highest BCUT2D eigenvalue weighted by atomic mass is 32.2. The third-order valence-electron chi connectivity index (χ3n) is 5.49. The van der Waals surface area contributed by atoms with E-state index in [4.69, 9.17) is 4.42 Å². The zero-order valence-electron chi connectivity index (χ0n) is 18.3. The van der Waals surface area contributed by atoms with Crippen molar-refractivity contribution < 1.29 is 17.6 Å². The molecule has 0 radical (unpaired) electrons. The van der Waals surface area contributed by atoms with Gasteiger partial charge in [-0.1, -0.05) is 0 Å². The first kappa shape index (κ1) is 22.0. The standard InChI is InChI=1S/C23H26N4O4S/c1-16-24-15-22(31-16)17-6-8-18(9-7-17)25-23(28)20-14-19(32(29,30)26(2)3)10-11-21(20)27-12-4-5-13-27/h6-11,14-15H,4-5,12-13H2,1-3H3,(H,25,28). The third-order valence-corrected chi connectivity index (χ3v) is 7.30. The molecule has 9 heteroatoms. The fraction of sp³-hybridized carbons (Fsp3) is 0.304. The van der Waals surface area contributed by atoms with E-state index in [0.717, 1.165) is 41.5 Å². The topological polar surface area (TPSA) is 95.7 Å². The summed E-state index contributed by atoms with van der Waals surface area (Å²) in [4.78, 5) is 19.5. The molecule has 1 fully saturated rings. The van der Waals surface area contributed by atoms with E-state index in [0.29, 0.717) is 22.9 Å². The van der Waals surface area contributed by atoms with E-state index in [-0.39, 0.29) is 10.8 Å². The fourth-order valence-electron chi connectivity index (χ4n) is 3.71. The van der Waals surface area contributed by atoms with Crippen molar-refractivity contribution in [3.63, 3.8) is 0 Å². The number of oxazole rings is 1. The van der Waals surface area contributed by atoms with Gasteiger partial charge in [-0.25, -0.2) is 17.7 Å². The van der Waals surface area contributed by atoms with Crippen LogP contribution in [0.4, 0.5) is 11.4 Å². The number of carbonyl (C=O) groups excluding carboxylic acids is 1. The van der Waals surface area contributed by atoms with Crippen molar-refractivity contribution in [3.05, 3.63) is 60.1 Å².